The summed E-state index contributed by atoms with van der Waals surface area (Å²) in [6.45, 7) is 8.49. The maximum absolute atomic E-state index is 12.4. The molecule has 1 fully saturated rings. The Kier molecular flexibility index (Phi) is 4.02. The van der Waals surface area contributed by atoms with Gasteiger partial charge in [-0.3, -0.25) is 4.79 Å². The van der Waals surface area contributed by atoms with Crippen LogP contribution in [0, 0.1) is 5.41 Å². The van der Waals surface area contributed by atoms with Crippen LogP contribution in [-0.4, -0.2) is 18.7 Å². The molecule has 1 aromatic heterocycles. The molecule has 3 nitrogen and oxygen atoms in total. The molecule has 4 heteroatoms. The van der Waals surface area contributed by atoms with Crippen LogP contribution in [0.25, 0.3) is 0 Å². The van der Waals surface area contributed by atoms with Crippen LogP contribution in [0.1, 0.15) is 45.4 Å². The maximum atomic E-state index is 12.4. The van der Waals surface area contributed by atoms with Gasteiger partial charge in [0.05, 0.1) is 23.0 Å². The molecular formula is C15H22O3S. The number of carbonyl (C=O) groups excluding carboxylic acids is 1. The zero-order valence-corrected chi connectivity index (χ0v) is 12.9. The second kappa shape index (κ2) is 5.25. The van der Waals surface area contributed by atoms with Gasteiger partial charge in [-0.15, -0.1) is 11.3 Å². The molecule has 0 amide bonds. The number of rotatable bonds is 4. The predicted molar refractivity (Wildman–Crippen MR) is 76.2 cm³/mol. The molecule has 2 heterocycles. The highest BCUT2D eigenvalue weighted by Gasteiger charge is 2.49. The molecule has 1 saturated heterocycles. The van der Waals surface area contributed by atoms with Crippen LogP contribution < -0.4 is 0 Å². The highest BCUT2D eigenvalue weighted by molar-refractivity contribution is 7.10. The third-order valence-corrected chi connectivity index (χ3v) is 5.18. The van der Waals surface area contributed by atoms with Crippen molar-refractivity contribution >= 4 is 17.3 Å². The second-order valence-electron chi connectivity index (χ2n) is 5.76. The fourth-order valence-electron chi connectivity index (χ4n) is 2.20. The van der Waals surface area contributed by atoms with E-state index in [1.807, 2.05) is 45.2 Å². The first-order chi connectivity index (χ1) is 8.92. The van der Waals surface area contributed by atoms with E-state index in [2.05, 4.69) is 0 Å². The van der Waals surface area contributed by atoms with E-state index < -0.39 is 11.0 Å². The predicted octanol–water partition coefficient (Wildman–Crippen LogP) is 3.73. The Bertz CT molecular complexity index is 438. The van der Waals surface area contributed by atoms with Crippen molar-refractivity contribution in [1.82, 2.24) is 0 Å². The molecule has 1 aliphatic heterocycles. The van der Waals surface area contributed by atoms with E-state index in [1.165, 1.54) is 0 Å². The lowest BCUT2D eigenvalue weighted by atomic mass is 9.88. The normalized spacial score (nSPS) is 27.5. The van der Waals surface area contributed by atoms with Crippen LogP contribution in [0.5, 0.6) is 0 Å². The number of hydrogen-bond acceptors (Lipinski definition) is 4. The first-order valence-corrected chi connectivity index (χ1v) is 7.69. The number of thiophene rings is 1. The molecule has 0 saturated carbocycles. The van der Waals surface area contributed by atoms with E-state index in [0.717, 1.165) is 17.7 Å². The fraction of sp³-hybridized carbons (Fsp3) is 0.667. The average molecular weight is 282 g/mol. The topological polar surface area (TPSA) is 35.5 Å². The van der Waals surface area contributed by atoms with Crippen molar-refractivity contribution in [3.63, 3.8) is 0 Å². The van der Waals surface area contributed by atoms with Crippen molar-refractivity contribution in [2.75, 3.05) is 6.61 Å². The smallest absolute Gasteiger partial charge is 0.312 e. The third-order valence-electron chi connectivity index (χ3n) is 4.15. The zero-order chi connectivity index (χ0) is 14.1. The van der Waals surface area contributed by atoms with Gasteiger partial charge in [-0.25, -0.2) is 0 Å². The van der Waals surface area contributed by atoms with Gasteiger partial charge in [0, 0.05) is 6.42 Å². The number of ether oxygens (including phenoxy) is 2. The summed E-state index contributed by atoms with van der Waals surface area (Å²) >= 11 is 1.63. The summed E-state index contributed by atoms with van der Waals surface area (Å²) in [6, 6.07) is 4.02. The molecule has 1 aromatic rings. The summed E-state index contributed by atoms with van der Waals surface area (Å²) in [5.74, 6) is -0.138. The molecule has 0 N–H and O–H groups in total. The van der Waals surface area contributed by atoms with Gasteiger partial charge in [0.1, 0.15) is 0 Å². The Balaban J connectivity index is 2.29. The molecule has 0 bridgehead atoms. The average Bonchev–Trinajstić information content (AvgIpc) is 3.00. The molecule has 19 heavy (non-hydrogen) atoms. The van der Waals surface area contributed by atoms with E-state index >= 15 is 0 Å². The summed E-state index contributed by atoms with van der Waals surface area (Å²) in [6.07, 6.45) is 1.41. The second-order valence-corrected chi connectivity index (χ2v) is 6.70. The standard InChI is InChI=1S/C15H22O3S/c1-5-14(3,4)13(16)18-15(8-9-17-11(15)2)12-7-6-10-19-12/h6-7,10-11H,5,8-9H2,1-4H3. The largest absolute Gasteiger partial charge is 0.450 e. The van der Waals surface area contributed by atoms with Crippen molar-refractivity contribution < 1.29 is 14.3 Å². The minimum Gasteiger partial charge on any atom is -0.450 e. The molecule has 0 aromatic carbocycles. The third kappa shape index (κ3) is 2.56. The van der Waals surface area contributed by atoms with Crippen LogP contribution >= 0.6 is 11.3 Å². The Morgan fingerprint density at radius 1 is 1.63 bits per heavy atom. The Morgan fingerprint density at radius 2 is 2.37 bits per heavy atom. The van der Waals surface area contributed by atoms with Crippen molar-refractivity contribution in [2.45, 2.75) is 52.2 Å². The molecule has 0 radical (unpaired) electrons. The number of esters is 1. The van der Waals surface area contributed by atoms with Gasteiger partial charge in [0.15, 0.2) is 5.60 Å². The maximum Gasteiger partial charge on any atom is 0.312 e. The molecule has 2 unspecified atom stereocenters. The van der Waals surface area contributed by atoms with E-state index in [0.29, 0.717) is 6.61 Å². The summed E-state index contributed by atoms with van der Waals surface area (Å²) in [4.78, 5) is 13.5. The van der Waals surface area contributed by atoms with E-state index in [4.69, 9.17) is 9.47 Å². The summed E-state index contributed by atoms with van der Waals surface area (Å²) in [5, 5.41) is 2.01. The zero-order valence-electron chi connectivity index (χ0n) is 12.1. The molecule has 2 rings (SSSR count). The SMILES string of the molecule is CCC(C)(C)C(=O)OC1(c2cccs2)CCOC1C. The number of carbonyl (C=O) groups is 1. The minimum atomic E-state index is -0.600. The summed E-state index contributed by atoms with van der Waals surface area (Å²) in [5.41, 5.74) is -1.05. The van der Waals surface area contributed by atoms with E-state index in [-0.39, 0.29) is 12.1 Å². The lowest BCUT2D eigenvalue weighted by Crippen LogP contribution is -2.41. The quantitative estimate of drug-likeness (QED) is 0.789. The highest BCUT2D eigenvalue weighted by Crippen LogP contribution is 2.43. The van der Waals surface area contributed by atoms with Crippen molar-refractivity contribution in [3.05, 3.63) is 22.4 Å². The van der Waals surface area contributed by atoms with Gasteiger partial charge in [-0.1, -0.05) is 13.0 Å². The van der Waals surface area contributed by atoms with Crippen molar-refractivity contribution in [1.29, 1.82) is 0 Å². The van der Waals surface area contributed by atoms with Gasteiger partial charge in [-0.05, 0) is 38.6 Å². The van der Waals surface area contributed by atoms with Crippen LogP contribution in [-0.2, 0) is 19.9 Å². The molecular weight excluding hydrogens is 260 g/mol. The molecule has 0 spiro atoms. The summed E-state index contributed by atoms with van der Waals surface area (Å²) in [7, 11) is 0. The van der Waals surface area contributed by atoms with Gasteiger partial charge >= 0.3 is 5.97 Å². The van der Waals surface area contributed by atoms with Crippen LogP contribution in [0.15, 0.2) is 17.5 Å². The summed E-state index contributed by atoms with van der Waals surface area (Å²) < 4.78 is 11.6. The number of hydrogen-bond donors (Lipinski definition) is 0. The first-order valence-electron chi connectivity index (χ1n) is 6.81. The highest BCUT2D eigenvalue weighted by atomic mass is 32.1. The fourth-order valence-corrected chi connectivity index (χ4v) is 3.17. The Labute approximate surface area is 118 Å². The lowest BCUT2D eigenvalue weighted by molar-refractivity contribution is -0.177. The van der Waals surface area contributed by atoms with Crippen LogP contribution in [0.3, 0.4) is 0 Å². The Hall–Kier alpha value is -0.870. The minimum absolute atomic E-state index is 0.0947. The molecule has 1 aliphatic rings. The molecule has 2 atom stereocenters. The molecule has 0 aliphatic carbocycles. The van der Waals surface area contributed by atoms with Crippen LogP contribution in [0.2, 0.25) is 0 Å². The van der Waals surface area contributed by atoms with E-state index in [9.17, 15) is 4.79 Å². The van der Waals surface area contributed by atoms with Gasteiger partial charge in [0.25, 0.3) is 0 Å². The Morgan fingerprint density at radius 3 is 2.84 bits per heavy atom. The first kappa shape index (κ1) is 14.5. The van der Waals surface area contributed by atoms with Crippen molar-refractivity contribution in [3.8, 4) is 0 Å². The lowest BCUT2D eigenvalue weighted by Gasteiger charge is -2.34. The monoisotopic (exact) mass is 282 g/mol. The van der Waals surface area contributed by atoms with Crippen LogP contribution in [0.4, 0.5) is 0 Å². The van der Waals surface area contributed by atoms with Gasteiger partial charge in [0.2, 0.25) is 0 Å². The van der Waals surface area contributed by atoms with Crippen molar-refractivity contribution in [2.24, 2.45) is 5.41 Å². The molecule has 106 valence electrons. The van der Waals surface area contributed by atoms with Gasteiger partial charge < -0.3 is 9.47 Å². The van der Waals surface area contributed by atoms with Gasteiger partial charge in [-0.2, -0.15) is 0 Å². The van der Waals surface area contributed by atoms with E-state index in [1.54, 1.807) is 11.3 Å².